The van der Waals surface area contributed by atoms with E-state index in [1.54, 1.807) is 6.92 Å². The second-order valence-electron chi connectivity index (χ2n) is 4.33. The first-order valence-electron chi connectivity index (χ1n) is 6.01. The zero-order chi connectivity index (χ0) is 15.8. The van der Waals surface area contributed by atoms with Crippen LogP contribution in [-0.2, 0) is 12.7 Å². The fraction of sp³-hybridized carbons (Fsp3) is 0.308. The fourth-order valence-corrected chi connectivity index (χ4v) is 2.31. The minimum Gasteiger partial charge on any atom is -0.382 e. The molecule has 0 fully saturated rings. The monoisotopic (exact) mass is 322 g/mol. The summed E-state index contributed by atoms with van der Waals surface area (Å²) in [6, 6.07) is 1.93. The van der Waals surface area contributed by atoms with Gasteiger partial charge >= 0.3 is 6.18 Å². The number of hydrogen-bond acceptors (Lipinski definition) is 2. The Morgan fingerprint density at radius 1 is 1.38 bits per heavy atom. The lowest BCUT2D eigenvalue weighted by Crippen LogP contribution is -2.16. The van der Waals surface area contributed by atoms with Crippen molar-refractivity contribution in [3.05, 3.63) is 52.1 Å². The van der Waals surface area contributed by atoms with Gasteiger partial charge in [0.15, 0.2) is 0 Å². The highest BCUT2D eigenvalue weighted by molar-refractivity contribution is 6.31. The molecule has 1 aromatic carbocycles. The van der Waals surface area contributed by atoms with Crippen LogP contribution in [0.1, 0.15) is 29.8 Å². The molecule has 2 rings (SSSR count). The Bertz CT molecular complexity index is 654. The molecular formula is C13H11ClF4N2O. The van der Waals surface area contributed by atoms with E-state index < -0.39 is 29.2 Å². The summed E-state index contributed by atoms with van der Waals surface area (Å²) in [4.78, 5) is 0. The Balaban J connectivity index is 2.60. The van der Waals surface area contributed by atoms with Crippen molar-refractivity contribution < 1.29 is 22.7 Å². The molecule has 114 valence electrons. The molecule has 0 aliphatic carbocycles. The number of benzene rings is 1. The molecule has 1 N–H and O–H groups in total. The summed E-state index contributed by atoms with van der Waals surface area (Å²) in [6.07, 6.45) is -5.23. The molecule has 1 atom stereocenters. The maximum Gasteiger partial charge on any atom is 0.416 e. The van der Waals surface area contributed by atoms with Crippen molar-refractivity contribution in [1.29, 1.82) is 0 Å². The van der Waals surface area contributed by atoms with Gasteiger partial charge in [0, 0.05) is 12.1 Å². The Kier molecular flexibility index (Phi) is 4.25. The maximum absolute atomic E-state index is 13.3. The molecule has 3 nitrogen and oxygen atoms in total. The number of aromatic nitrogens is 2. The summed E-state index contributed by atoms with van der Waals surface area (Å²) in [5.74, 6) is -0.879. The van der Waals surface area contributed by atoms with E-state index in [9.17, 15) is 22.7 Å². The molecule has 0 saturated heterocycles. The fourth-order valence-electron chi connectivity index (χ4n) is 2.06. The number of hydrogen-bond donors (Lipinski definition) is 1. The molecule has 1 unspecified atom stereocenters. The van der Waals surface area contributed by atoms with Gasteiger partial charge in [-0.1, -0.05) is 11.6 Å². The molecule has 0 aliphatic heterocycles. The Morgan fingerprint density at radius 3 is 2.62 bits per heavy atom. The number of aliphatic hydroxyl groups excluding tert-OH is 1. The van der Waals surface area contributed by atoms with Gasteiger partial charge in [-0.2, -0.15) is 18.3 Å². The van der Waals surface area contributed by atoms with E-state index in [0.717, 1.165) is 0 Å². The van der Waals surface area contributed by atoms with Crippen molar-refractivity contribution in [2.75, 3.05) is 0 Å². The molecule has 0 bridgehead atoms. The Labute approximate surface area is 122 Å². The van der Waals surface area contributed by atoms with Crippen LogP contribution in [0.3, 0.4) is 0 Å². The van der Waals surface area contributed by atoms with E-state index in [-0.39, 0.29) is 10.7 Å². The van der Waals surface area contributed by atoms with E-state index in [1.807, 2.05) is 0 Å². The first kappa shape index (κ1) is 15.8. The lowest BCUT2D eigenvalue weighted by molar-refractivity contribution is -0.139. The van der Waals surface area contributed by atoms with Gasteiger partial charge in [0.1, 0.15) is 11.9 Å². The highest BCUT2D eigenvalue weighted by atomic mass is 35.5. The van der Waals surface area contributed by atoms with Gasteiger partial charge in [-0.3, -0.25) is 4.68 Å². The van der Waals surface area contributed by atoms with Crippen molar-refractivity contribution in [1.82, 2.24) is 9.78 Å². The van der Waals surface area contributed by atoms with E-state index in [4.69, 9.17) is 11.6 Å². The summed E-state index contributed by atoms with van der Waals surface area (Å²) in [5.41, 5.74) is -1.72. The summed E-state index contributed by atoms with van der Waals surface area (Å²) in [7, 11) is 0. The van der Waals surface area contributed by atoms with Gasteiger partial charge in [-0.05, 0) is 25.1 Å². The summed E-state index contributed by atoms with van der Waals surface area (Å²) >= 11 is 5.86. The summed E-state index contributed by atoms with van der Waals surface area (Å²) in [5, 5.41) is 14.1. The van der Waals surface area contributed by atoms with Crippen LogP contribution in [0.15, 0.2) is 24.4 Å². The van der Waals surface area contributed by atoms with Crippen molar-refractivity contribution in [2.24, 2.45) is 0 Å². The Morgan fingerprint density at radius 2 is 2.05 bits per heavy atom. The molecule has 0 radical (unpaired) electrons. The molecule has 0 aliphatic rings. The first-order valence-corrected chi connectivity index (χ1v) is 6.39. The van der Waals surface area contributed by atoms with Crippen molar-refractivity contribution >= 4 is 11.6 Å². The number of nitrogens with zero attached hydrogens (tertiary/aromatic N) is 2. The van der Waals surface area contributed by atoms with Crippen LogP contribution in [0.5, 0.6) is 0 Å². The van der Waals surface area contributed by atoms with Gasteiger partial charge in [0.2, 0.25) is 0 Å². The van der Waals surface area contributed by atoms with Gasteiger partial charge < -0.3 is 5.11 Å². The smallest absolute Gasteiger partial charge is 0.382 e. The number of alkyl halides is 3. The molecule has 1 aromatic heterocycles. The highest BCUT2D eigenvalue weighted by Gasteiger charge is 2.36. The van der Waals surface area contributed by atoms with Crippen LogP contribution in [0, 0.1) is 5.82 Å². The number of aryl methyl sites for hydroxylation is 1. The predicted octanol–water partition coefficient (Wildman–Crippen LogP) is 3.80. The third-order valence-electron chi connectivity index (χ3n) is 3.01. The third kappa shape index (κ3) is 3.03. The van der Waals surface area contributed by atoms with Crippen LogP contribution in [0.25, 0.3) is 0 Å². The molecule has 0 saturated carbocycles. The zero-order valence-electron chi connectivity index (χ0n) is 10.8. The van der Waals surface area contributed by atoms with Crippen molar-refractivity contribution in [3.63, 3.8) is 0 Å². The first-order chi connectivity index (χ1) is 9.75. The number of aliphatic hydroxyl groups is 1. The van der Waals surface area contributed by atoms with Gasteiger partial charge in [-0.25, -0.2) is 4.39 Å². The lowest BCUT2D eigenvalue weighted by Gasteiger charge is -2.19. The molecule has 21 heavy (non-hydrogen) atoms. The topological polar surface area (TPSA) is 38.0 Å². The maximum atomic E-state index is 13.3. The zero-order valence-corrected chi connectivity index (χ0v) is 11.6. The molecular weight excluding hydrogens is 312 g/mol. The van der Waals surface area contributed by atoms with Crippen LogP contribution in [0.4, 0.5) is 17.6 Å². The lowest BCUT2D eigenvalue weighted by atomic mass is 9.99. The second-order valence-corrected chi connectivity index (χ2v) is 4.73. The molecule has 8 heteroatoms. The minimum atomic E-state index is -4.71. The number of halogens is 5. The average Bonchev–Trinajstić information content (AvgIpc) is 2.77. The average molecular weight is 323 g/mol. The SMILES string of the molecule is CCn1ncc(Cl)c1C(O)c1cc(F)ccc1C(F)(F)F. The van der Waals surface area contributed by atoms with Crippen LogP contribution in [-0.4, -0.2) is 14.9 Å². The highest BCUT2D eigenvalue weighted by Crippen LogP contribution is 2.38. The minimum absolute atomic E-state index is 0.00438. The van der Waals surface area contributed by atoms with Gasteiger partial charge in [-0.15, -0.1) is 0 Å². The number of rotatable bonds is 3. The molecule has 2 aromatic rings. The molecule has 1 heterocycles. The van der Waals surface area contributed by atoms with E-state index >= 15 is 0 Å². The van der Waals surface area contributed by atoms with Crippen molar-refractivity contribution in [3.8, 4) is 0 Å². The van der Waals surface area contributed by atoms with Crippen LogP contribution >= 0.6 is 11.6 Å². The van der Waals surface area contributed by atoms with E-state index in [2.05, 4.69) is 5.10 Å². The van der Waals surface area contributed by atoms with E-state index in [1.165, 1.54) is 10.9 Å². The standard InChI is InChI=1S/C13H11ClF4N2O/c1-2-20-11(10(14)6-19-20)12(21)8-5-7(15)3-4-9(8)13(16,17)18/h3-6,12,21H,2H2,1H3. The predicted molar refractivity (Wildman–Crippen MR) is 68.4 cm³/mol. The Hall–Kier alpha value is -1.60. The van der Waals surface area contributed by atoms with Crippen LogP contribution < -0.4 is 0 Å². The van der Waals surface area contributed by atoms with Gasteiger partial charge in [0.05, 0.1) is 22.5 Å². The normalized spacial score (nSPS) is 13.5. The summed E-state index contributed by atoms with van der Waals surface area (Å²) < 4.78 is 53.5. The third-order valence-corrected chi connectivity index (χ3v) is 3.30. The molecule has 0 amide bonds. The quantitative estimate of drug-likeness (QED) is 0.873. The summed E-state index contributed by atoms with van der Waals surface area (Å²) in [6.45, 7) is 1.99. The second kappa shape index (κ2) is 5.65. The van der Waals surface area contributed by atoms with E-state index in [0.29, 0.717) is 24.7 Å². The van der Waals surface area contributed by atoms with Gasteiger partial charge in [0.25, 0.3) is 0 Å². The molecule has 0 spiro atoms. The van der Waals surface area contributed by atoms with Crippen LogP contribution in [0.2, 0.25) is 5.02 Å². The largest absolute Gasteiger partial charge is 0.416 e. The van der Waals surface area contributed by atoms with Crippen molar-refractivity contribution in [2.45, 2.75) is 25.7 Å².